The summed E-state index contributed by atoms with van der Waals surface area (Å²) in [6.45, 7) is 0. The Morgan fingerprint density at radius 2 is 2.45 bits per heavy atom. The number of fused-ring (bicyclic) bond motifs is 1. The molecule has 0 bridgehead atoms. The van der Waals surface area contributed by atoms with Crippen molar-refractivity contribution in [1.29, 1.82) is 0 Å². The van der Waals surface area contributed by atoms with E-state index >= 15 is 0 Å². The van der Waals surface area contributed by atoms with Gasteiger partial charge in [-0.15, -0.1) is 0 Å². The maximum Gasteiger partial charge on any atom is 0.324 e. The van der Waals surface area contributed by atoms with Gasteiger partial charge in [-0.3, -0.25) is 4.79 Å². The van der Waals surface area contributed by atoms with Crippen molar-refractivity contribution in [3.05, 3.63) is 12.2 Å². The van der Waals surface area contributed by atoms with Crippen molar-refractivity contribution in [2.45, 2.75) is 18.4 Å². The topological polar surface area (TPSA) is 63.3 Å². The number of carbonyl (C=O) groups is 1. The number of rotatable bonds is 1. The molecule has 0 aromatic heterocycles. The first kappa shape index (κ1) is 6.85. The van der Waals surface area contributed by atoms with Crippen molar-refractivity contribution >= 4 is 5.97 Å². The lowest BCUT2D eigenvalue weighted by Gasteiger charge is -2.46. The van der Waals surface area contributed by atoms with Gasteiger partial charge < -0.3 is 10.8 Å². The highest BCUT2D eigenvalue weighted by Crippen LogP contribution is 2.48. The van der Waals surface area contributed by atoms with Gasteiger partial charge in [0.15, 0.2) is 0 Å². The summed E-state index contributed by atoms with van der Waals surface area (Å²) in [4.78, 5) is 10.7. The molecular weight excluding hydrogens is 142 g/mol. The lowest BCUT2D eigenvalue weighted by atomic mass is 9.61. The molecule has 0 aromatic rings. The molecule has 0 heterocycles. The maximum absolute atomic E-state index is 10.7. The Balaban J connectivity index is 2.17. The molecule has 0 spiro atoms. The van der Waals surface area contributed by atoms with Crippen molar-refractivity contribution < 1.29 is 9.90 Å². The van der Waals surface area contributed by atoms with E-state index in [1.807, 2.05) is 6.08 Å². The fourth-order valence-electron chi connectivity index (χ4n) is 2.14. The van der Waals surface area contributed by atoms with Gasteiger partial charge in [-0.25, -0.2) is 0 Å². The third-order valence-electron chi connectivity index (χ3n) is 2.92. The zero-order valence-electron chi connectivity index (χ0n) is 6.16. The molecule has 2 aliphatic carbocycles. The predicted octanol–water partition coefficient (Wildman–Crippen LogP) is 0.364. The summed E-state index contributed by atoms with van der Waals surface area (Å²) in [6, 6.07) is 0. The fourth-order valence-corrected chi connectivity index (χ4v) is 2.14. The first-order chi connectivity index (χ1) is 5.14. The van der Waals surface area contributed by atoms with Crippen LogP contribution in [-0.2, 0) is 4.79 Å². The molecule has 0 aliphatic heterocycles. The summed E-state index contributed by atoms with van der Waals surface area (Å²) in [7, 11) is 0. The second kappa shape index (κ2) is 1.85. The van der Waals surface area contributed by atoms with E-state index in [9.17, 15) is 4.79 Å². The van der Waals surface area contributed by atoms with E-state index in [0.717, 1.165) is 6.42 Å². The van der Waals surface area contributed by atoms with Gasteiger partial charge in [0, 0.05) is 0 Å². The molecule has 3 nitrogen and oxygen atoms in total. The third kappa shape index (κ3) is 0.688. The van der Waals surface area contributed by atoms with Gasteiger partial charge in [0.2, 0.25) is 0 Å². The minimum atomic E-state index is -0.922. The number of hydrogen-bond donors (Lipinski definition) is 2. The molecule has 2 aliphatic rings. The molecule has 3 N–H and O–H groups in total. The third-order valence-corrected chi connectivity index (χ3v) is 2.92. The minimum absolute atomic E-state index is 0.167. The monoisotopic (exact) mass is 153 g/mol. The van der Waals surface area contributed by atoms with Crippen molar-refractivity contribution in [3.63, 3.8) is 0 Å². The van der Waals surface area contributed by atoms with Crippen molar-refractivity contribution in [2.75, 3.05) is 0 Å². The normalized spacial score (nSPS) is 46.6. The Morgan fingerprint density at radius 3 is 3.00 bits per heavy atom. The van der Waals surface area contributed by atoms with Crippen LogP contribution in [0.5, 0.6) is 0 Å². The van der Waals surface area contributed by atoms with Gasteiger partial charge in [-0.2, -0.15) is 0 Å². The Bertz CT molecular complexity index is 236. The Hall–Kier alpha value is -0.830. The highest BCUT2D eigenvalue weighted by Gasteiger charge is 2.56. The van der Waals surface area contributed by atoms with E-state index in [0.29, 0.717) is 12.3 Å². The number of carboxylic acid groups (broad SMARTS) is 1. The van der Waals surface area contributed by atoms with Crippen molar-refractivity contribution in [3.8, 4) is 0 Å². The van der Waals surface area contributed by atoms with Crippen LogP contribution in [0.15, 0.2) is 12.2 Å². The smallest absolute Gasteiger partial charge is 0.324 e. The molecule has 3 atom stereocenters. The van der Waals surface area contributed by atoms with Gasteiger partial charge >= 0.3 is 5.97 Å². The number of carboxylic acids is 1. The van der Waals surface area contributed by atoms with E-state index in [-0.39, 0.29) is 5.92 Å². The van der Waals surface area contributed by atoms with Crippen LogP contribution in [0.1, 0.15) is 12.8 Å². The number of allylic oxidation sites excluding steroid dienone is 2. The van der Waals surface area contributed by atoms with Gasteiger partial charge in [0.1, 0.15) is 5.54 Å². The molecule has 0 aromatic carbocycles. The maximum atomic E-state index is 10.7. The summed E-state index contributed by atoms with van der Waals surface area (Å²) in [5, 5.41) is 8.79. The van der Waals surface area contributed by atoms with E-state index < -0.39 is 11.5 Å². The fraction of sp³-hybridized carbons (Fsp3) is 0.625. The number of aliphatic carboxylic acids is 1. The van der Waals surface area contributed by atoms with Crippen LogP contribution in [0.2, 0.25) is 0 Å². The molecule has 0 radical (unpaired) electrons. The van der Waals surface area contributed by atoms with E-state index in [1.54, 1.807) is 0 Å². The summed E-state index contributed by atoms with van der Waals surface area (Å²) in [6.07, 6.45) is 5.57. The quantitative estimate of drug-likeness (QED) is 0.535. The van der Waals surface area contributed by atoms with Crippen LogP contribution in [0.25, 0.3) is 0 Å². The first-order valence-corrected chi connectivity index (χ1v) is 3.83. The predicted molar refractivity (Wildman–Crippen MR) is 39.9 cm³/mol. The van der Waals surface area contributed by atoms with Crippen LogP contribution < -0.4 is 5.73 Å². The standard InChI is InChI=1S/C8H11NO2/c9-8(7(10)11)4-5-2-1-3-6(5)8/h1-2,5-6H,3-4,9H2,(H,10,11)/t5-,6-,8+/m1/s1. The lowest BCUT2D eigenvalue weighted by Crippen LogP contribution is -2.63. The summed E-state index contributed by atoms with van der Waals surface area (Å²) in [5.74, 6) is -0.237. The summed E-state index contributed by atoms with van der Waals surface area (Å²) in [5.41, 5.74) is 4.77. The van der Waals surface area contributed by atoms with E-state index in [2.05, 4.69) is 6.08 Å². The van der Waals surface area contributed by atoms with Crippen LogP contribution in [0.3, 0.4) is 0 Å². The molecule has 1 saturated carbocycles. The number of hydrogen-bond acceptors (Lipinski definition) is 2. The highest BCUT2D eigenvalue weighted by molar-refractivity contribution is 5.81. The second-order valence-electron chi connectivity index (χ2n) is 3.48. The SMILES string of the molecule is N[C@@]1(C(=O)O)C[C@H]2C=CC[C@H]21. The van der Waals surface area contributed by atoms with Crippen LogP contribution >= 0.6 is 0 Å². The molecule has 0 saturated heterocycles. The van der Waals surface area contributed by atoms with Gasteiger partial charge in [-0.1, -0.05) is 12.2 Å². The zero-order valence-corrected chi connectivity index (χ0v) is 6.16. The average Bonchev–Trinajstić information content (AvgIpc) is 2.29. The zero-order chi connectivity index (χ0) is 8.06. The Morgan fingerprint density at radius 1 is 1.73 bits per heavy atom. The Kier molecular flexibility index (Phi) is 1.16. The summed E-state index contributed by atoms with van der Waals surface area (Å²) >= 11 is 0. The first-order valence-electron chi connectivity index (χ1n) is 3.83. The number of nitrogens with two attached hydrogens (primary N) is 1. The van der Waals surface area contributed by atoms with E-state index in [1.165, 1.54) is 0 Å². The molecular formula is C8H11NO2. The molecule has 0 unspecified atom stereocenters. The summed E-state index contributed by atoms with van der Waals surface area (Å²) < 4.78 is 0. The van der Waals surface area contributed by atoms with Crippen molar-refractivity contribution in [2.24, 2.45) is 17.6 Å². The highest BCUT2D eigenvalue weighted by atomic mass is 16.4. The van der Waals surface area contributed by atoms with Crippen molar-refractivity contribution in [1.82, 2.24) is 0 Å². The minimum Gasteiger partial charge on any atom is -0.480 e. The molecule has 11 heavy (non-hydrogen) atoms. The molecule has 0 amide bonds. The van der Waals surface area contributed by atoms with Crippen LogP contribution in [-0.4, -0.2) is 16.6 Å². The molecule has 60 valence electrons. The average molecular weight is 153 g/mol. The van der Waals surface area contributed by atoms with E-state index in [4.69, 9.17) is 10.8 Å². The van der Waals surface area contributed by atoms with Gasteiger partial charge in [0.25, 0.3) is 0 Å². The Labute approximate surface area is 64.9 Å². The largest absolute Gasteiger partial charge is 0.480 e. The van der Waals surface area contributed by atoms with Crippen LogP contribution in [0.4, 0.5) is 0 Å². The molecule has 3 heteroatoms. The lowest BCUT2D eigenvalue weighted by molar-refractivity contribution is -0.152. The molecule has 2 rings (SSSR count). The molecule has 1 fully saturated rings. The van der Waals surface area contributed by atoms with Gasteiger partial charge in [0.05, 0.1) is 0 Å². The van der Waals surface area contributed by atoms with Crippen LogP contribution in [0, 0.1) is 11.8 Å². The van der Waals surface area contributed by atoms with Gasteiger partial charge in [-0.05, 0) is 24.7 Å². The second-order valence-corrected chi connectivity index (χ2v) is 3.48.